The molecule has 0 fully saturated rings. The van der Waals surface area contributed by atoms with E-state index in [-0.39, 0.29) is 5.88 Å². The van der Waals surface area contributed by atoms with Gasteiger partial charge in [-0.05, 0) is 39.3 Å². The van der Waals surface area contributed by atoms with Crippen molar-refractivity contribution in [3.8, 4) is 0 Å². The van der Waals surface area contributed by atoms with Crippen molar-refractivity contribution < 1.29 is 18.4 Å². The van der Waals surface area contributed by atoms with Gasteiger partial charge in [0, 0.05) is 38.0 Å². The van der Waals surface area contributed by atoms with E-state index in [0.29, 0.717) is 26.4 Å². The van der Waals surface area contributed by atoms with Crippen LogP contribution in [-0.2, 0) is 13.3 Å². The fourth-order valence-corrected chi connectivity index (χ4v) is 4.76. The molecule has 0 atom stereocenters. The van der Waals surface area contributed by atoms with Gasteiger partial charge in [-0.25, -0.2) is 0 Å². The molecule has 120 valence electrons. The molecule has 0 bridgehead atoms. The number of allylic oxidation sites excluding steroid dienone is 5. The van der Waals surface area contributed by atoms with Gasteiger partial charge in [-0.15, -0.1) is 0 Å². The zero-order chi connectivity index (χ0) is 15.6. The summed E-state index contributed by atoms with van der Waals surface area (Å²) in [5.41, 5.74) is 0.804. The molecule has 0 aromatic heterocycles. The summed E-state index contributed by atoms with van der Waals surface area (Å²) in [4.78, 5) is 0. The molecule has 0 amide bonds. The summed E-state index contributed by atoms with van der Waals surface area (Å²) < 4.78 is 17.4. The second kappa shape index (κ2) is 9.78. The molecule has 1 rings (SSSR count). The largest absolute Gasteiger partial charge is 0.500 e. The first-order valence-corrected chi connectivity index (χ1v) is 9.54. The highest BCUT2D eigenvalue weighted by atomic mass is 28.4. The Bertz CT molecular complexity index is 362. The minimum Gasteiger partial charge on any atom is -0.494 e. The summed E-state index contributed by atoms with van der Waals surface area (Å²) in [6.45, 7) is 8.27. The van der Waals surface area contributed by atoms with Crippen LogP contribution in [0.1, 0.15) is 27.2 Å². The van der Waals surface area contributed by atoms with Gasteiger partial charge in [0.15, 0.2) is 5.88 Å². The molecule has 0 aliphatic heterocycles. The van der Waals surface area contributed by atoms with Crippen LogP contribution >= 0.6 is 0 Å². The van der Waals surface area contributed by atoms with E-state index in [1.165, 1.54) is 0 Å². The van der Waals surface area contributed by atoms with E-state index in [4.69, 9.17) is 13.3 Å². The average Bonchev–Trinajstić information content (AvgIpc) is 2.98. The second-order valence-corrected chi connectivity index (χ2v) is 7.27. The smallest absolute Gasteiger partial charge is 0.494 e. The van der Waals surface area contributed by atoms with E-state index < -0.39 is 8.80 Å². The molecule has 1 aliphatic carbocycles. The first-order chi connectivity index (χ1) is 10.2. The van der Waals surface area contributed by atoms with Crippen LogP contribution in [0, 0.1) is 0 Å². The molecular weight excluding hydrogens is 286 g/mol. The molecule has 0 saturated heterocycles. The Kier molecular flexibility index (Phi) is 8.37. The zero-order valence-corrected chi connectivity index (χ0v) is 14.2. The van der Waals surface area contributed by atoms with E-state index in [9.17, 15) is 5.11 Å². The molecule has 0 radical (unpaired) electrons. The van der Waals surface area contributed by atoms with Gasteiger partial charge in [-0.3, -0.25) is 0 Å². The van der Waals surface area contributed by atoms with E-state index in [1.54, 1.807) is 0 Å². The summed E-state index contributed by atoms with van der Waals surface area (Å²) in [5.74, 6) is 0.205. The maximum Gasteiger partial charge on any atom is 0.500 e. The molecule has 5 nitrogen and oxygen atoms in total. The number of hydrogen-bond acceptors (Lipinski definition) is 5. The van der Waals surface area contributed by atoms with Crippen LogP contribution < -0.4 is 5.32 Å². The summed E-state index contributed by atoms with van der Waals surface area (Å²) >= 11 is 0. The van der Waals surface area contributed by atoms with Crippen molar-refractivity contribution in [2.24, 2.45) is 0 Å². The second-order valence-electron chi connectivity index (χ2n) is 4.53. The average molecular weight is 313 g/mol. The van der Waals surface area contributed by atoms with Crippen molar-refractivity contribution in [2.45, 2.75) is 33.2 Å². The Labute approximate surface area is 128 Å². The monoisotopic (exact) mass is 313 g/mol. The minimum absolute atomic E-state index is 0.205. The molecule has 6 heteroatoms. The maximum atomic E-state index is 9.87. The summed E-state index contributed by atoms with van der Waals surface area (Å²) in [5, 5.41) is 12.9. The predicted octanol–water partition coefficient (Wildman–Crippen LogP) is 2.91. The number of aliphatic hydroxyl groups is 1. The first kappa shape index (κ1) is 18.0. The van der Waals surface area contributed by atoms with Crippen molar-refractivity contribution in [3.63, 3.8) is 0 Å². The van der Waals surface area contributed by atoms with Gasteiger partial charge in [0.25, 0.3) is 0 Å². The molecule has 0 aromatic carbocycles. The maximum absolute atomic E-state index is 9.87. The third-order valence-corrected chi connectivity index (χ3v) is 6.13. The fourth-order valence-electron chi connectivity index (χ4n) is 2.15. The van der Waals surface area contributed by atoms with E-state index >= 15 is 0 Å². The van der Waals surface area contributed by atoms with Crippen molar-refractivity contribution in [1.82, 2.24) is 5.32 Å². The quantitative estimate of drug-likeness (QED) is 0.349. The van der Waals surface area contributed by atoms with Crippen LogP contribution in [0.4, 0.5) is 0 Å². The van der Waals surface area contributed by atoms with Crippen molar-refractivity contribution in [3.05, 3.63) is 35.8 Å². The SMILES string of the molecule is CCO[Si](CCCNC(O)=C1C=CC=C1)(OCC)OCC. The van der Waals surface area contributed by atoms with Gasteiger partial charge >= 0.3 is 8.80 Å². The first-order valence-electron chi connectivity index (χ1n) is 7.61. The lowest BCUT2D eigenvalue weighted by atomic mass is 10.3. The lowest BCUT2D eigenvalue weighted by molar-refractivity contribution is 0.0708. The van der Waals surface area contributed by atoms with Gasteiger partial charge in [0.05, 0.1) is 0 Å². The zero-order valence-electron chi connectivity index (χ0n) is 13.2. The summed E-state index contributed by atoms with van der Waals surface area (Å²) in [6.07, 6.45) is 8.33. The minimum atomic E-state index is -2.56. The van der Waals surface area contributed by atoms with Crippen LogP contribution in [0.3, 0.4) is 0 Å². The molecule has 0 aromatic rings. The standard InChI is InChI=1S/C15H27NO4Si/c1-4-18-21(19-5-2,20-6-3)13-9-12-16-15(17)14-10-7-8-11-14/h7-8,10-11,16-17H,4-6,9,12-13H2,1-3H3. The normalized spacial score (nSPS) is 14.0. The molecular formula is C15H27NO4Si. The topological polar surface area (TPSA) is 60.0 Å². The molecule has 0 unspecified atom stereocenters. The van der Waals surface area contributed by atoms with Crippen LogP contribution in [-0.4, -0.2) is 40.3 Å². The lowest BCUT2D eigenvalue weighted by Crippen LogP contribution is -2.46. The molecule has 0 heterocycles. The fraction of sp³-hybridized carbons (Fsp3) is 0.600. The highest BCUT2D eigenvalue weighted by molar-refractivity contribution is 6.60. The van der Waals surface area contributed by atoms with Crippen LogP contribution in [0.2, 0.25) is 6.04 Å². The van der Waals surface area contributed by atoms with Gasteiger partial charge in [0.2, 0.25) is 0 Å². The van der Waals surface area contributed by atoms with E-state index in [1.807, 2.05) is 45.1 Å². The van der Waals surface area contributed by atoms with Crippen molar-refractivity contribution in [1.29, 1.82) is 0 Å². The van der Waals surface area contributed by atoms with Gasteiger partial charge in [-0.2, -0.15) is 0 Å². The van der Waals surface area contributed by atoms with Crippen LogP contribution in [0.5, 0.6) is 0 Å². The Morgan fingerprint density at radius 2 is 1.57 bits per heavy atom. The molecule has 0 saturated carbocycles. The molecule has 1 aliphatic rings. The summed E-state index contributed by atoms with van der Waals surface area (Å²) in [6, 6.07) is 0.740. The number of hydrogen-bond donors (Lipinski definition) is 2. The van der Waals surface area contributed by atoms with Gasteiger partial charge in [-0.1, -0.05) is 12.2 Å². The number of nitrogens with one attached hydrogen (secondary N) is 1. The molecule has 2 N–H and O–H groups in total. The van der Waals surface area contributed by atoms with Crippen LogP contribution in [0.15, 0.2) is 35.8 Å². The predicted molar refractivity (Wildman–Crippen MR) is 86.0 cm³/mol. The highest BCUT2D eigenvalue weighted by Gasteiger charge is 2.39. The van der Waals surface area contributed by atoms with E-state index in [2.05, 4.69) is 5.32 Å². The Morgan fingerprint density at radius 3 is 2.05 bits per heavy atom. The Balaban J connectivity index is 2.43. The van der Waals surface area contributed by atoms with Gasteiger partial charge < -0.3 is 23.7 Å². The van der Waals surface area contributed by atoms with Gasteiger partial charge in [0.1, 0.15) is 0 Å². The highest BCUT2D eigenvalue weighted by Crippen LogP contribution is 2.18. The number of rotatable bonds is 11. The summed E-state index contributed by atoms with van der Waals surface area (Å²) in [7, 11) is -2.56. The Hall–Kier alpha value is -1.08. The van der Waals surface area contributed by atoms with Crippen molar-refractivity contribution >= 4 is 8.80 Å². The Morgan fingerprint density at radius 1 is 1.05 bits per heavy atom. The third-order valence-electron chi connectivity index (χ3n) is 2.98. The third kappa shape index (κ3) is 6.05. The van der Waals surface area contributed by atoms with E-state index in [0.717, 1.165) is 18.0 Å². The number of aliphatic hydroxyl groups excluding tert-OH is 1. The van der Waals surface area contributed by atoms with Crippen molar-refractivity contribution in [2.75, 3.05) is 26.4 Å². The lowest BCUT2D eigenvalue weighted by Gasteiger charge is -2.28. The van der Waals surface area contributed by atoms with Crippen LogP contribution in [0.25, 0.3) is 0 Å². The molecule has 21 heavy (non-hydrogen) atoms. The molecule has 0 spiro atoms.